The Morgan fingerprint density at radius 1 is 1.08 bits per heavy atom. The fourth-order valence-corrected chi connectivity index (χ4v) is 6.48. The van der Waals surface area contributed by atoms with E-state index in [9.17, 15) is 9.90 Å². The third-order valence-corrected chi connectivity index (χ3v) is 7.89. The molecular weight excluding hydrogens is 320 g/mol. The molecule has 0 bridgehead atoms. The highest BCUT2D eigenvalue weighted by molar-refractivity contribution is 5.70. The van der Waals surface area contributed by atoms with Crippen LogP contribution < -0.4 is 0 Å². The Labute approximate surface area is 150 Å². The number of hydrogen-bond donors (Lipinski definition) is 1. The second kappa shape index (κ2) is 5.20. The number of esters is 1. The van der Waals surface area contributed by atoms with Gasteiger partial charge in [0.1, 0.15) is 17.3 Å². The zero-order valence-electron chi connectivity index (χ0n) is 16.1. The molecule has 3 heterocycles. The van der Waals surface area contributed by atoms with Gasteiger partial charge in [0.25, 0.3) is 0 Å². The molecule has 5 heteroatoms. The van der Waals surface area contributed by atoms with Gasteiger partial charge in [0.05, 0.1) is 18.3 Å². The van der Waals surface area contributed by atoms with Crippen molar-refractivity contribution in [2.45, 2.75) is 95.7 Å². The van der Waals surface area contributed by atoms with Gasteiger partial charge in [-0.1, -0.05) is 6.92 Å². The second-order valence-corrected chi connectivity index (χ2v) is 9.90. The summed E-state index contributed by atoms with van der Waals surface area (Å²) < 4.78 is 17.9. The van der Waals surface area contributed by atoms with E-state index in [-0.39, 0.29) is 34.9 Å². The topological polar surface area (TPSA) is 68.3 Å². The van der Waals surface area contributed by atoms with Crippen molar-refractivity contribution < 1.29 is 24.1 Å². The van der Waals surface area contributed by atoms with Crippen molar-refractivity contribution in [2.24, 2.45) is 17.3 Å². The van der Waals surface area contributed by atoms with Gasteiger partial charge in [-0.15, -0.1) is 0 Å². The first kappa shape index (κ1) is 17.7. The van der Waals surface area contributed by atoms with Crippen molar-refractivity contribution in [1.29, 1.82) is 0 Å². The number of epoxide rings is 1. The lowest BCUT2D eigenvalue weighted by Gasteiger charge is -2.63. The van der Waals surface area contributed by atoms with Crippen molar-refractivity contribution in [3.05, 3.63) is 0 Å². The monoisotopic (exact) mass is 352 g/mol. The minimum Gasteiger partial charge on any atom is -0.459 e. The first-order chi connectivity index (χ1) is 11.5. The molecule has 0 radical (unpaired) electrons. The van der Waals surface area contributed by atoms with Gasteiger partial charge in [-0.3, -0.25) is 4.79 Å². The van der Waals surface area contributed by atoms with E-state index in [0.717, 1.165) is 19.3 Å². The number of fused-ring (bicyclic) bond motifs is 3. The Balaban J connectivity index is 1.71. The maximum Gasteiger partial charge on any atom is 0.306 e. The van der Waals surface area contributed by atoms with Gasteiger partial charge in [0.2, 0.25) is 0 Å². The summed E-state index contributed by atoms with van der Waals surface area (Å²) in [4.78, 5) is 12.2. The average Bonchev–Trinajstić information content (AvgIpc) is 3.32. The van der Waals surface area contributed by atoms with Crippen molar-refractivity contribution in [3.63, 3.8) is 0 Å². The number of hydrogen-bond acceptors (Lipinski definition) is 5. The molecule has 0 aromatic carbocycles. The largest absolute Gasteiger partial charge is 0.459 e. The van der Waals surface area contributed by atoms with Gasteiger partial charge < -0.3 is 19.3 Å². The van der Waals surface area contributed by atoms with Crippen LogP contribution in [0.4, 0.5) is 0 Å². The van der Waals surface area contributed by atoms with Crippen LogP contribution in [0.3, 0.4) is 0 Å². The first-order valence-electron chi connectivity index (χ1n) is 9.73. The summed E-state index contributed by atoms with van der Waals surface area (Å²) in [5.74, 6) is 0.382. The minimum atomic E-state index is -0.624. The molecule has 4 aliphatic rings. The van der Waals surface area contributed by atoms with Crippen molar-refractivity contribution >= 4 is 5.97 Å². The van der Waals surface area contributed by atoms with Gasteiger partial charge in [-0.2, -0.15) is 0 Å². The van der Waals surface area contributed by atoms with Crippen molar-refractivity contribution in [1.82, 2.24) is 0 Å². The fraction of sp³-hybridized carbons (Fsp3) is 0.950. The molecule has 0 aromatic heterocycles. The molecule has 4 rings (SSSR count). The molecule has 7 atom stereocenters. The van der Waals surface area contributed by atoms with Crippen LogP contribution in [-0.4, -0.2) is 46.7 Å². The van der Waals surface area contributed by atoms with Crippen LogP contribution in [0.5, 0.6) is 0 Å². The summed E-state index contributed by atoms with van der Waals surface area (Å²) in [7, 11) is 0. The summed E-state index contributed by atoms with van der Waals surface area (Å²) in [5, 5.41) is 10.9. The Kier molecular flexibility index (Phi) is 3.69. The average molecular weight is 352 g/mol. The molecular formula is C20H32O5. The van der Waals surface area contributed by atoms with E-state index in [0.29, 0.717) is 19.4 Å². The zero-order chi connectivity index (χ0) is 18.3. The van der Waals surface area contributed by atoms with Crippen LogP contribution in [0.2, 0.25) is 0 Å². The second-order valence-electron chi connectivity index (χ2n) is 9.90. The molecule has 142 valence electrons. The molecule has 5 nitrogen and oxygen atoms in total. The molecule has 0 unspecified atom stereocenters. The van der Waals surface area contributed by atoms with E-state index >= 15 is 0 Å². The number of carbonyl (C=O) groups is 1. The smallest absolute Gasteiger partial charge is 0.306 e. The number of cyclic esters (lactones) is 1. The highest BCUT2D eigenvalue weighted by Crippen LogP contribution is 2.63. The lowest BCUT2D eigenvalue weighted by Crippen LogP contribution is -2.67. The molecule has 1 saturated carbocycles. The van der Waals surface area contributed by atoms with E-state index < -0.39 is 17.3 Å². The molecule has 0 aromatic rings. The lowest BCUT2D eigenvalue weighted by atomic mass is 9.49. The standard InChI is InChI=1S/C20H32O5/c1-17(2)12-6-9-19(4)13(18(12,3)8-7-16(22)24-17)10-14(21)20(5,25-19)15-11-23-15/h12-15,21H,6-11H2,1-5H3/t12-,13+,14-,15+,18-,19+,20-/m1/s1. The van der Waals surface area contributed by atoms with Crippen molar-refractivity contribution in [2.75, 3.05) is 6.61 Å². The van der Waals surface area contributed by atoms with Crippen LogP contribution in [0.1, 0.15) is 66.7 Å². The van der Waals surface area contributed by atoms with E-state index in [4.69, 9.17) is 14.2 Å². The van der Waals surface area contributed by atoms with Crippen LogP contribution in [0, 0.1) is 17.3 Å². The van der Waals surface area contributed by atoms with E-state index in [1.807, 2.05) is 20.8 Å². The molecule has 0 spiro atoms. The summed E-state index contributed by atoms with van der Waals surface area (Å²) in [6, 6.07) is 0. The Bertz CT molecular complexity index is 585. The summed E-state index contributed by atoms with van der Waals surface area (Å²) in [5.41, 5.74) is -1.49. The number of aliphatic hydroxyl groups excluding tert-OH is 1. The Hall–Kier alpha value is -0.650. The molecule has 1 aliphatic carbocycles. The quantitative estimate of drug-likeness (QED) is 0.580. The lowest BCUT2D eigenvalue weighted by molar-refractivity contribution is -0.297. The molecule has 3 saturated heterocycles. The molecule has 1 N–H and O–H groups in total. The number of rotatable bonds is 1. The third kappa shape index (κ3) is 2.49. The zero-order valence-corrected chi connectivity index (χ0v) is 16.1. The number of aliphatic hydroxyl groups is 1. The van der Waals surface area contributed by atoms with Gasteiger partial charge in [0.15, 0.2) is 0 Å². The summed E-state index contributed by atoms with van der Waals surface area (Å²) in [6.07, 6.45) is 3.30. The fourth-order valence-electron chi connectivity index (χ4n) is 6.48. The molecule has 4 fully saturated rings. The summed E-state index contributed by atoms with van der Waals surface area (Å²) in [6.45, 7) is 11.2. The van der Waals surface area contributed by atoms with E-state index in [1.165, 1.54) is 0 Å². The molecule has 3 aliphatic heterocycles. The number of ether oxygens (including phenoxy) is 3. The van der Waals surface area contributed by atoms with Crippen LogP contribution >= 0.6 is 0 Å². The van der Waals surface area contributed by atoms with Gasteiger partial charge in [-0.25, -0.2) is 0 Å². The first-order valence-corrected chi connectivity index (χ1v) is 9.73. The minimum absolute atomic E-state index is 0.00119. The molecule has 25 heavy (non-hydrogen) atoms. The predicted molar refractivity (Wildman–Crippen MR) is 92.0 cm³/mol. The van der Waals surface area contributed by atoms with E-state index in [1.54, 1.807) is 0 Å². The molecule has 0 amide bonds. The predicted octanol–water partition coefficient (Wildman–Crippen LogP) is 2.83. The van der Waals surface area contributed by atoms with E-state index in [2.05, 4.69) is 13.8 Å². The maximum absolute atomic E-state index is 12.2. The van der Waals surface area contributed by atoms with Crippen LogP contribution in [0.15, 0.2) is 0 Å². The highest BCUT2D eigenvalue weighted by Gasteiger charge is 2.66. The highest BCUT2D eigenvalue weighted by atomic mass is 16.6. The normalized spacial score (nSPS) is 54.7. The SMILES string of the molecule is CC1(C)OC(=O)CC[C@]2(C)[C@@H]1CC[C@]1(C)O[C@@](C)([C@@H]3CO3)[C@H](O)C[C@@H]21. The van der Waals surface area contributed by atoms with Crippen LogP contribution in [-0.2, 0) is 19.0 Å². The Morgan fingerprint density at radius 2 is 1.76 bits per heavy atom. The third-order valence-electron chi connectivity index (χ3n) is 7.89. The van der Waals surface area contributed by atoms with Crippen LogP contribution in [0.25, 0.3) is 0 Å². The van der Waals surface area contributed by atoms with Gasteiger partial charge >= 0.3 is 5.97 Å². The van der Waals surface area contributed by atoms with Crippen molar-refractivity contribution in [3.8, 4) is 0 Å². The number of carbonyl (C=O) groups excluding carboxylic acids is 1. The Morgan fingerprint density at radius 3 is 2.40 bits per heavy atom. The van der Waals surface area contributed by atoms with Gasteiger partial charge in [-0.05, 0) is 64.7 Å². The maximum atomic E-state index is 12.2. The van der Waals surface area contributed by atoms with Gasteiger partial charge in [0, 0.05) is 12.3 Å². The summed E-state index contributed by atoms with van der Waals surface area (Å²) >= 11 is 0.